The second-order valence-corrected chi connectivity index (χ2v) is 11.3. The number of fused-ring (bicyclic) bond motifs is 1. The maximum atomic E-state index is 13.1. The highest BCUT2D eigenvalue weighted by molar-refractivity contribution is 7.92. The molecule has 2 aliphatic rings. The molecule has 0 amide bonds. The van der Waals surface area contributed by atoms with Gasteiger partial charge >= 0.3 is 0 Å². The molecule has 0 saturated carbocycles. The van der Waals surface area contributed by atoms with Crippen LogP contribution < -0.4 is 4.31 Å². The molecule has 0 atom stereocenters. The van der Waals surface area contributed by atoms with Crippen LogP contribution in [0.25, 0.3) is 0 Å². The molecule has 150 valence electrons. The first kappa shape index (κ1) is 19.4. The molecule has 8 heteroatoms. The van der Waals surface area contributed by atoms with Gasteiger partial charge < -0.3 is 0 Å². The van der Waals surface area contributed by atoms with Crippen molar-refractivity contribution in [2.45, 2.75) is 30.1 Å². The predicted octanol–water partition coefficient (Wildman–Crippen LogP) is 2.58. The van der Waals surface area contributed by atoms with Crippen molar-refractivity contribution in [1.29, 1.82) is 0 Å². The summed E-state index contributed by atoms with van der Waals surface area (Å²) in [7, 11) is -6.92. The van der Waals surface area contributed by atoms with Gasteiger partial charge in [0.25, 0.3) is 0 Å². The van der Waals surface area contributed by atoms with E-state index < -0.39 is 20.0 Å². The molecule has 2 heterocycles. The Morgan fingerprint density at radius 3 is 2.21 bits per heavy atom. The number of sulfonamides is 2. The third-order valence-electron chi connectivity index (χ3n) is 5.67. The van der Waals surface area contributed by atoms with Crippen molar-refractivity contribution in [3.63, 3.8) is 0 Å². The van der Waals surface area contributed by atoms with Gasteiger partial charge in [-0.3, -0.25) is 4.31 Å². The van der Waals surface area contributed by atoms with E-state index in [1.165, 1.54) is 22.2 Å². The van der Waals surface area contributed by atoms with E-state index in [1.54, 1.807) is 16.4 Å². The lowest BCUT2D eigenvalue weighted by Crippen LogP contribution is -2.37. The minimum absolute atomic E-state index is 0.250. The molecule has 6 nitrogen and oxygen atoms in total. The van der Waals surface area contributed by atoms with Gasteiger partial charge in [0.2, 0.25) is 20.0 Å². The van der Waals surface area contributed by atoms with Crippen LogP contribution in [0.4, 0.5) is 5.69 Å². The monoisotopic (exact) mass is 420 g/mol. The lowest BCUT2D eigenvalue weighted by Gasteiger charge is -2.31. The minimum atomic E-state index is -3.58. The third-order valence-corrected chi connectivity index (χ3v) is 8.74. The smallest absolute Gasteiger partial charge is 0.243 e. The van der Waals surface area contributed by atoms with Crippen LogP contribution in [0.15, 0.2) is 53.4 Å². The molecular weight excluding hydrogens is 396 g/mol. The normalized spacial score (nSPS) is 19.0. The molecule has 1 saturated heterocycles. The standard InChI is InChI=1S/C20H24N2O4S2/c1-27(23,24)22-14-11-18-15-19(7-8-20(18)22)28(25,26)21-12-9-17(10-13-21)16-5-3-2-4-6-16/h2-8,15,17H,9-14H2,1H3. The molecule has 2 aliphatic heterocycles. The SMILES string of the molecule is CS(=O)(=O)N1CCc2cc(S(=O)(=O)N3CCC(c4ccccc4)CC3)ccc21. The number of hydrogen-bond donors (Lipinski definition) is 0. The van der Waals surface area contributed by atoms with Crippen molar-refractivity contribution in [3.8, 4) is 0 Å². The van der Waals surface area contributed by atoms with E-state index in [-0.39, 0.29) is 4.90 Å². The summed E-state index contributed by atoms with van der Waals surface area (Å²) in [6.45, 7) is 1.35. The van der Waals surface area contributed by atoms with E-state index in [0.717, 1.165) is 18.4 Å². The molecule has 2 aromatic carbocycles. The molecule has 2 aromatic rings. The van der Waals surface area contributed by atoms with Gasteiger partial charge in [-0.05, 0) is 54.5 Å². The van der Waals surface area contributed by atoms with Crippen molar-refractivity contribution in [3.05, 3.63) is 59.7 Å². The van der Waals surface area contributed by atoms with Gasteiger partial charge in [-0.25, -0.2) is 16.8 Å². The van der Waals surface area contributed by atoms with E-state index in [2.05, 4.69) is 12.1 Å². The lowest BCUT2D eigenvalue weighted by atomic mass is 9.90. The predicted molar refractivity (Wildman–Crippen MR) is 110 cm³/mol. The Balaban J connectivity index is 1.52. The summed E-state index contributed by atoms with van der Waals surface area (Å²) in [4.78, 5) is 0.250. The molecule has 0 radical (unpaired) electrons. The molecule has 0 N–H and O–H groups in total. The average Bonchev–Trinajstić information content (AvgIpc) is 3.12. The summed E-state index contributed by atoms with van der Waals surface area (Å²) in [5, 5.41) is 0. The fourth-order valence-electron chi connectivity index (χ4n) is 4.16. The van der Waals surface area contributed by atoms with Crippen LogP contribution in [-0.2, 0) is 26.5 Å². The summed E-state index contributed by atoms with van der Waals surface area (Å²) in [5.41, 5.74) is 2.62. The number of nitrogens with zero attached hydrogens (tertiary/aromatic N) is 2. The van der Waals surface area contributed by atoms with E-state index in [1.807, 2.05) is 18.2 Å². The number of hydrogen-bond acceptors (Lipinski definition) is 4. The van der Waals surface area contributed by atoms with Gasteiger partial charge in [0, 0.05) is 19.6 Å². The minimum Gasteiger partial charge on any atom is -0.270 e. The van der Waals surface area contributed by atoms with Crippen LogP contribution in [-0.4, -0.2) is 47.0 Å². The molecule has 0 unspecified atom stereocenters. The zero-order valence-electron chi connectivity index (χ0n) is 15.8. The first-order valence-electron chi connectivity index (χ1n) is 9.42. The first-order valence-corrected chi connectivity index (χ1v) is 12.7. The van der Waals surface area contributed by atoms with Gasteiger partial charge in [0.1, 0.15) is 0 Å². The van der Waals surface area contributed by atoms with Gasteiger partial charge in [0.05, 0.1) is 16.8 Å². The molecular formula is C20H24N2O4S2. The Labute approximate surface area is 166 Å². The fraction of sp³-hybridized carbons (Fsp3) is 0.400. The highest BCUT2D eigenvalue weighted by Crippen LogP contribution is 2.34. The van der Waals surface area contributed by atoms with E-state index in [0.29, 0.717) is 37.7 Å². The number of anilines is 1. The summed E-state index contributed by atoms with van der Waals surface area (Å²) in [5.74, 6) is 0.385. The number of piperidine rings is 1. The molecule has 0 bridgehead atoms. The molecule has 1 fully saturated rings. The lowest BCUT2D eigenvalue weighted by molar-refractivity contribution is 0.319. The number of benzene rings is 2. The van der Waals surface area contributed by atoms with E-state index >= 15 is 0 Å². The molecule has 4 rings (SSSR count). The van der Waals surface area contributed by atoms with Crippen LogP contribution in [0.5, 0.6) is 0 Å². The van der Waals surface area contributed by atoms with Crippen molar-refractivity contribution < 1.29 is 16.8 Å². The van der Waals surface area contributed by atoms with Crippen molar-refractivity contribution in [2.75, 3.05) is 30.2 Å². The van der Waals surface area contributed by atoms with Gasteiger partial charge in [-0.15, -0.1) is 0 Å². The zero-order valence-corrected chi connectivity index (χ0v) is 17.4. The van der Waals surface area contributed by atoms with Crippen LogP contribution >= 0.6 is 0 Å². The van der Waals surface area contributed by atoms with Gasteiger partial charge in [-0.2, -0.15) is 4.31 Å². The molecule has 28 heavy (non-hydrogen) atoms. The van der Waals surface area contributed by atoms with Crippen LogP contribution in [0.3, 0.4) is 0 Å². The van der Waals surface area contributed by atoms with Crippen molar-refractivity contribution in [2.24, 2.45) is 0 Å². The average molecular weight is 421 g/mol. The Hall–Kier alpha value is -1.90. The molecule has 0 aromatic heterocycles. The van der Waals surface area contributed by atoms with Crippen molar-refractivity contribution >= 4 is 25.7 Å². The Morgan fingerprint density at radius 2 is 1.57 bits per heavy atom. The summed E-state index contributed by atoms with van der Waals surface area (Å²) in [6, 6.07) is 15.0. The fourth-order valence-corrected chi connectivity index (χ4v) is 6.64. The topological polar surface area (TPSA) is 74.8 Å². The Morgan fingerprint density at radius 1 is 0.893 bits per heavy atom. The molecule has 0 spiro atoms. The maximum absolute atomic E-state index is 13.1. The Bertz CT molecular complexity index is 1070. The zero-order chi connectivity index (χ0) is 19.9. The van der Waals surface area contributed by atoms with Crippen molar-refractivity contribution in [1.82, 2.24) is 4.31 Å². The molecule has 0 aliphatic carbocycles. The highest BCUT2D eigenvalue weighted by Gasteiger charge is 2.32. The second kappa shape index (κ2) is 7.17. The van der Waals surface area contributed by atoms with Gasteiger partial charge in [-0.1, -0.05) is 30.3 Å². The van der Waals surface area contributed by atoms with Crippen LogP contribution in [0, 0.1) is 0 Å². The summed E-state index contributed by atoms with van der Waals surface area (Å²) < 4.78 is 52.8. The Kier molecular flexibility index (Phi) is 4.97. The van der Waals surface area contributed by atoms with Crippen LogP contribution in [0.1, 0.15) is 29.9 Å². The maximum Gasteiger partial charge on any atom is 0.243 e. The van der Waals surface area contributed by atoms with E-state index in [9.17, 15) is 16.8 Å². The van der Waals surface area contributed by atoms with Crippen LogP contribution in [0.2, 0.25) is 0 Å². The largest absolute Gasteiger partial charge is 0.270 e. The summed E-state index contributed by atoms with van der Waals surface area (Å²) >= 11 is 0. The third kappa shape index (κ3) is 3.56. The highest BCUT2D eigenvalue weighted by atomic mass is 32.2. The summed E-state index contributed by atoms with van der Waals surface area (Å²) in [6.07, 6.45) is 3.30. The van der Waals surface area contributed by atoms with Gasteiger partial charge in [0.15, 0.2) is 0 Å². The van der Waals surface area contributed by atoms with E-state index in [4.69, 9.17) is 0 Å². The second-order valence-electron chi connectivity index (χ2n) is 7.46. The first-order chi connectivity index (χ1) is 13.3. The quantitative estimate of drug-likeness (QED) is 0.762. The number of rotatable bonds is 4.